The van der Waals surface area contributed by atoms with Gasteiger partial charge in [0.2, 0.25) is 0 Å². The number of anilines is 1. The molecule has 5 nitrogen and oxygen atoms in total. The highest BCUT2D eigenvalue weighted by Gasteiger charge is 2.24. The van der Waals surface area contributed by atoms with Gasteiger partial charge in [-0.3, -0.25) is 4.90 Å². The van der Waals surface area contributed by atoms with E-state index in [4.69, 9.17) is 4.74 Å². The van der Waals surface area contributed by atoms with E-state index in [-0.39, 0.29) is 6.03 Å². The molecule has 1 heterocycles. The summed E-state index contributed by atoms with van der Waals surface area (Å²) in [4.78, 5) is 16.7. The van der Waals surface area contributed by atoms with Crippen LogP contribution in [0.15, 0.2) is 54.6 Å². The van der Waals surface area contributed by atoms with E-state index in [1.165, 1.54) is 5.56 Å². The van der Waals surface area contributed by atoms with Gasteiger partial charge < -0.3 is 15.0 Å². The van der Waals surface area contributed by atoms with Gasteiger partial charge in [0, 0.05) is 37.9 Å². The zero-order valence-electron chi connectivity index (χ0n) is 14.8. The number of methoxy groups -OCH3 is 1. The van der Waals surface area contributed by atoms with Crippen LogP contribution in [0.2, 0.25) is 0 Å². The first kappa shape index (κ1) is 17.3. The molecule has 1 N–H and O–H groups in total. The molecule has 132 valence electrons. The Hall–Kier alpha value is -2.53. The molecule has 1 fully saturated rings. The number of piperazine rings is 1. The topological polar surface area (TPSA) is 44.8 Å². The van der Waals surface area contributed by atoms with Crippen LogP contribution in [0.25, 0.3) is 0 Å². The van der Waals surface area contributed by atoms with Crippen LogP contribution >= 0.6 is 0 Å². The highest BCUT2D eigenvalue weighted by Crippen LogP contribution is 2.22. The van der Waals surface area contributed by atoms with E-state index in [0.717, 1.165) is 37.6 Å². The van der Waals surface area contributed by atoms with E-state index in [1.54, 1.807) is 7.11 Å². The molecule has 0 aliphatic carbocycles. The zero-order chi connectivity index (χ0) is 17.6. The van der Waals surface area contributed by atoms with Crippen LogP contribution in [0, 0.1) is 0 Å². The first-order valence-corrected chi connectivity index (χ1v) is 8.66. The third kappa shape index (κ3) is 4.31. The highest BCUT2D eigenvalue weighted by atomic mass is 16.5. The van der Waals surface area contributed by atoms with Crippen LogP contribution < -0.4 is 10.1 Å². The van der Waals surface area contributed by atoms with Gasteiger partial charge in [0.25, 0.3) is 0 Å². The van der Waals surface area contributed by atoms with Gasteiger partial charge in [0.1, 0.15) is 5.75 Å². The quantitative estimate of drug-likeness (QED) is 0.925. The summed E-state index contributed by atoms with van der Waals surface area (Å²) in [6.45, 7) is 5.46. The fourth-order valence-electron chi connectivity index (χ4n) is 3.13. The van der Waals surface area contributed by atoms with Gasteiger partial charge in [-0.1, -0.05) is 30.3 Å². The Morgan fingerprint density at radius 1 is 1.00 bits per heavy atom. The zero-order valence-corrected chi connectivity index (χ0v) is 14.8. The number of urea groups is 1. The molecule has 1 unspecified atom stereocenters. The lowest BCUT2D eigenvalue weighted by Crippen LogP contribution is -2.50. The van der Waals surface area contributed by atoms with E-state index in [2.05, 4.69) is 41.4 Å². The number of benzene rings is 2. The minimum Gasteiger partial charge on any atom is -0.497 e. The van der Waals surface area contributed by atoms with Crippen LogP contribution in [0.3, 0.4) is 0 Å². The van der Waals surface area contributed by atoms with Crippen molar-refractivity contribution in [3.05, 3.63) is 60.2 Å². The van der Waals surface area contributed by atoms with Crippen LogP contribution in [-0.2, 0) is 0 Å². The summed E-state index contributed by atoms with van der Waals surface area (Å²) in [5, 5.41) is 2.95. The number of ether oxygens (including phenoxy) is 1. The van der Waals surface area contributed by atoms with Crippen LogP contribution in [0.4, 0.5) is 10.5 Å². The third-order valence-electron chi connectivity index (χ3n) is 4.77. The molecule has 2 aromatic rings. The summed E-state index contributed by atoms with van der Waals surface area (Å²) in [5.41, 5.74) is 2.10. The van der Waals surface area contributed by atoms with E-state index in [0.29, 0.717) is 6.04 Å². The van der Waals surface area contributed by atoms with Crippen LogP contribution in [-0.4, -0.2) is 49.1 Å². The standard InChI is InChI=1S/C20H25N3O2/c1-16(17-6-4-3-5-7-17)22-12-14-23(15-13-22)20(24)21-18-8-10-19(25-2)11-9-18/h3-11,16H,12-15H2,1-2H3,(H,21,24). The van der Waals surface area contributed by atoms with Gasteiger partial charge in [0.05, 0.1) is 7.11 Å². The molecule has 1 atom stereocenters. The lowest BCUT2D eigenvalue weighted by molar-refractivity contribution is 0.119. The SMILES string of the molecule is COc1ccc(NC(=O)N2CCN(C(C)c3ccccc3)CC2)cc1. The molecule has 2 amide bonds. The Labute approximate surface area is 149 Å². The Kier molecular flexibility index (Phi) is 5.56. The van der Waals surface area contributed by atoms with E-state index in [1.807, 2.05) is 35.2 Å². The normalized spacial score (nSPS) is 16.3. The summed E-state index contributed by atoms with van der Waals surface area (Å²) >= 11 is 0. The second-order valence-corrected chi connectivity index (χ2v) is 6.27. The predicted molar refractivity (Wildman–Crippen MR) is 100 cm³/mol. The Morgan fingerprint density at radius 2 is 1.64 bits per heavy atom. The number of hydrogen-bond donors (Lipinski definition) is 1. The van der Waals surface area contributed by atoms with E-state index < -0.39 is 0 Å². The van der Waals surface area contributed by atoms with Crippen molar-refractivity contribution in [1.82, 2.24) is 9.80 Å². The maximum Gasteiger partial charge on any atom is 0.321 e. The first-order chi connectivity index (χ1) is 12.2. The molecule has 0 spiro atoms. The van der Waals surface area contributed by atoms with Crippen molar-refractivity contribution < 1.29 is 9.53 Å². The number of hydrogen-bond acceptors (Lipinski definition) is 3. The lowest BCUT2D eigenvalue weighted by atomic mass is 10.1. The average molecular weight is 339 g/mol. The van der Waals surface area contributed by atoms with Crippen molar-refractivity contribution >= 4 is 11.7 Å². The molecule has 1 aliphatic rings. The molecule has 0 aromatic heterocycles. The molecular weight excluding hydrogens is 314 g/mol. The van der Waals surface area contributed by atoms with E-state index >= 15 is 0 Å². The van der Waals surface area contributed by atoms with Crippen molar-refractivity contribution in [3.63, 3.8) is 0 Å². The summed E-state index contributed by atoms with van der Waals surface area (Å²) in [7, 11) is 1.63. The number of carbonyl (C=O) groups is 1. The molecular formula is C20H25N3O2. The number of rotatable bonds is 4. The molecule has 1 aliphatic heterocycles. The molecule has 0 saturated carbocycles. The van der Waals surface area contributed by atoms with Gasteiger partial charge in [-0.15, -0.1) is 0 Å². The maximum absolute atomic E-state index is 12.4. The van der Waals surface area contributed by atoms with Crippen molar-refractivity contribution in [2.75, 3.05) is 38.6 Å². The summed E-state index contributed by atoms with van der Waals surface area (Å²) in [6, 6.07) is 18.2. The smallest absolute Gasteiger partial charge is 0.321 e. The third-order valence-corrected chi connectivity index (χ3v) is 4.77. The molecule has 1 saturated heterocycles. The molecule has 25 heavy (non-hydrogen) atoms. The fourth-order valence-corrected chi connectivity index (χ4v) is 3.13. The van der Waals surface area contributed by atoms with Crippen molar-refractivity contribution in [2.45, 2.75) is 13.0 Å². The van der Waals surface area contributed by atoms with E-state index in [9.17, 15) is 4.79 Å². The van der Waals surface area contributed by atoms with Crippen LogP contribution in [0.5, 0.6) is 5.75 Å². The Morgan fingerprint density at radius 3 is 2.24 bits per heavy atom. The van der Waals surface area contributed by atoms with Crippen molar-refractivity contribution in [3.8, 4) is 5.75 Å². The fraction of sp³-hybridized carbons (Fsp3) is 0.350. The van der Waals surface area contributed by atoms with Gasteiger partial charge in [-0.05, 0) is 36.8 Å². The van der Waals surface area contributed by atoms with Gasteiger partial charge >= 0.3 is 6.03 Å². The number of nitrogens with zero attached hydrogens (tertiary/aromatic N) is 2. The van der Waals surface area contributed by atoms with Crippen molar-refractivity contribution in [2.24, 2.45) is 0 Å². The largest absolute Gasteiger partial charge is 0.497 e. The monoisotopic (exact) mass is 339 g/mol. The molecule has 2 aromatic carbocycles. The summed E-state index contributed by atoms with van der Waals surface area (Å²) < 4.78 is 5.13. The Balaban J connectivity index is 1.52. The second-order valence-electron chi connectivity index (χ2n) is 6.27. The maximum atomic E-state index is 12.4. The van der Waals surface area contributed by atoms with Crippen LogP contribution in [0.1, 0.15) is 18.5 Å². The summed E-state index contributed by atoms with van der Waals surface area (Å²) in [5.74, 6) is 0.779. The lowest BCUT2D eigenvalue weighted by Gasteiger charge is -2.38. The van der Waals surface area contributed by atoms with Gasteiger partial charge in [0.15, 0.2) is 0 Å². The number of nitrogens with one attached hydrogen (secondary N) is 1. The number of amides is 2. The molecule has 0 bridgehead atoms. The molecule has 3 rings (SSSR count). The van der Waals surface area contributed by atoms with Crippen molar-refractivity contribution in [1.29, 1.82) is 0 Å². The predicted octanol–water partition coefficient (Wildman–Crippen LogP) is 3.61. The molecule has 0 radical (unpaired) electrons. The van der Waals surface area contributed by atoms with Gasteiger partial charge in [-0.2, -0.15) is 0 Å². The second kappa shape index (κ2) is 8.03. The summed E-state index contributed by atoms with van der Waals surface area (Å²) in [6.07, 6.45) is 0. The van der Waals surface area contributed by atoms with Gasteiger partial charge in [-0.25, -0.2) is 4.79 Å². The Bertz CT molecular complexity index is 680. The number of carbonyl (C=O) groups excluding carboxylic acids is 1. The highest BCUT2D eigenvalue weighted by molar-refractivity contribution is 5.89. The minimum absolute atomic E-state index is 0.0443. The molecule has 5 heteroatoms. The first-order valence-electron chi connectivity index (χ1n) is 8.66. The average Bonchev–Trinajstić information content (AvgIpc) is 2.69. The minimum atomic E-state index is -0.0443.